The average Bonchev–Trinajstić information content (AvgIpc) is 3.21. The van der Waals surface area contributed by atoms with E-state index in [1.54, 1.807) is 41.3 Å². The lowest BCUT2D eigenvalue weighted by Gasteiger charge is -2.34. The number of fused-ring (bicyclic) bond motifs is 1. The van der Waals surface area contributed by atoms with Crippen molar-refractivity contribution in [3.05, 3.63) is 65.0 Å². The number of halogens is 1. The molecule has 198 valence electrons. The molecule has 0 aliphatic carbocycles. The standard InChI is InChI=1S/C20H17FN2O4.C6H13NO3/c21-15-6-2-1-4-12(15)11-27-17-7-3-5-13-14(17)10-23(20(13)26)16-8-9-18(24)22-19(16)25;1-6(8,9)7-2-4-10-5-3-7/h1-7,16H,8-11H2,(H,22,24,25);8-9H,2-5H2,1H3. The number of carbonyl (C=O) groups is 3. The van der Waals surface area contributed by atoms with E-state index >= 15 is 0 Å². The van der Waals surface area contributed by atoms with Gasteiger partial charge in [-0.05, 0) is 24.6 Å². The first kappa shape index (κ1) is 26.7. The Bertz CT molecular complexity index is 1160. The van der Waals surface area contributed by atoms with Gasteiger partial charge in [-0.25, -0.2) is 9.29 Å². The summed E-state index contributed by atoms with van der Waals surface area (Å²) in [5.41, 5.74) is 1.55. The van der Waals surface area contributed by atoms with Gasteiger partial charge in [0.05, 0.1) is 19.8 Å². The van der Waals surface area contributed by atoms with Crippen molar-refractivity contribution >= 4 is 17.7 Å². The number of aliphatic hydroxyl groups is 2. The maximum Gasteiger partial charge on any atom is 0.255 e. The zero-order chi connectivity index (χ0) is 26.6. The fourth-order valence-electron chi connectivity index (χ4n) is 4.45. The summed E-state index contributed by atoms with van der Waals surface area (Å²) in [5, 5.41) is 20.4. The fraction of sp³-hybridized carbons (Fsp3) is 0.423. The molecule has 5 rings (SSSR count). The fourth-order valence-corrected chi connectivity index (χ4v) is 4.45. The highest BCUT2D eigenvalue weighted by molar-refractivity contribution is 6.05. The quantitative estimate of drug-likeness (QED) is 0.400. The topological polar surface area (TPSA) is 129 Å². The lowest BCUT2D eigenvalue weighted by atomic mass is 10.0. The van der Waals surface area contributed by atoms with Gasteiger partial charge >= 0.3 is 0 Å². The molecule has 37 heavy (non-hydrogen) atoms. The number of hydrogen-bond acceptors (Lipinski definition) is 8. The predicted molar refractivity (Wildman–Crippen MR) is 128 cm³/mol. The summed E-state index contributed by atoms with van der Waals surface area (Å²) in [6, 6.07) is 10.8. The molecule has 2 fully saturated rings. The third kappa shape index (κ3) is 6.31. The largest absolute Gasteiger partial charge is 0.488 e. The summed E-state index contributed by atoms with van der Waals surface area (Å²) in [6.07, 6.45) is 0.503. The van der Waals surface area contributed by atoms with Gasteiger partial charge in [-0.1, -0.05) is 24.3 Å². The second-order valence-electron chi connectivity index (χ2n) is 9.13. The number of rotatable bonds is 5. The molecule has 0 bridgehead atoms. The highest BCUT2D eigenvalue weighted by atomic mass is 19.1. The van der Waals surface area contributed by atoms with Crippen molar-refractivity contribution in [3.8, 4) is 5.75 Å². The molecule has 3 aliphatic heterocycles. The summed E-state index contributed by atoms with van der Waals surface area (Å²) < 4.78 is 24.6. The molecule has 3 amide bonds. The zero-order valence-corrected chi connectivity index (χ0v) is 20.5. The number of morpholine rings is 1. The van der Waals surface area contributed by atoms with Gasteiger partial charge in [-0.15, -0.1) is 0 Å². The molecule has 1 unspecified atom stereocenters. The van der Waals surface area contributed by atoms with Crippen LogP contribution in [0.1, 0.15) is 41.3 Å². The molecular formula is C26H30FN3O7. The normalized spacial score (nSPS) is 20.2. The summed E-state index contributed by atoms with van der Waals surface area (Å²) in [5.74, 6) is -2.60. The number of amides is 3. The van der Waals surface area contributed by atoms with Crippen molar-refractivity contribution in [1.82, 2.24) is 15.1 Å². The first-order chi connectivity index (χ1) is 17.6. The Hall–Kier alpha value is -3.38. The maximum atomic E-state index is 13.8. The molecule has 11 heteroatoms. The number of benzene rings is 2. The minimum absolute atomic E-state index is 0.0374. The Morgan fingerprint density at radius 3 is 2.49 bits per heavy atom. The van der Waals surface area contributed by atoms with Crippen LogP contribution in [0.15, 0.2) is 42.5 Å². The summed E-state index contributed by atoms with van der Waals surface area (Å²) in [6.45, 7) is 3.95. The van der Waals surface area contributed by atoms with Crippen molar-refractivity contribution in [2.24, 2.45) is 0 Å². The van der Waals surface area contributed by atoms with E-state index in [0.29, 0.717) is 55.2 Å². The van der Waals surface area contributed by atoms with Crippen LogP contribution in [0, 0.1) is 5.82 Å². The molecule has 0 spiro atoms. The average molecular weight is 516 g/mol. The molecule has 0 radical (unpaired) electrons. The summed E-state index contributed by atoms with van der Waals surface area (Å²) >= 11 is 0. The molecule has 10 nitrogen and oxygen atoms in total. The number of piperidine rings is 1. The minimum atomic E-state index is -1.68. The molecule has 2 aromatic carbocycles. The van der Waals surface area contributed by atoms with Crippen LogP contribution in [0.4, 0.5) is 4.39 Å². The Labute approximate surface area is 213 Å². The van der Waals surface area contributed by atoms with Crippen LogP contribution in [0.25, 0.3) is 0 Å². The van der Waals surface area contributed by atoms with E-state index in [4.69, 9.17) is 19.7 Å². The number of nitrogens with one attached hydrogen (secondary N) is 1. The minimum Gasteiger partial charge on any atom is -0.488 e. The van der Waals surface area contributed by atoms with Crippen LogP contribution in [0.3, 0.4) is 0 Å². The van der Waals surface area contributed by atoms with Gasteiger partial charge in [-0.2, -0.15) is 0 Å². The summed E-state index contributed by atoms with van der Waals surface area (Å²) in [7, 11) is 0. The number of nitrogens with zero attached hydrogens (tertiary/aromatic N) is 2. The van der Waals surface area contributed by atoms with Gasteiger partial charge in [0, 0.05) is 43.1 Å². The number of ether oxygens (including phenoxy) is 2. The predicted octanol–water partition coefficient (Wildman–Crippen LogP) is 1.14. The van der Waals surface area contributed by atoms with Gasteiger partial charge in [-0.3, -0.25) is 19.7 Å². The van der Waals surface area contributed by atoms with Crippen molar-refractivity contribution in [2.45, 2.75) is 44.9 Å². The van der Waals surface area contributed by atoms with Crippen LogP contribution < -0.4 is 10.1 Å². The monoisotopic (exact) mass is 515 g/mol. The van der Waals surface area contributed by atoms with Gasteiger partial charge in [0.1, 0.15) is 24.2 Å². The zero-order valence-electron chi connectivity index (χ0n) is 20.5. The van der Waals surface area contributed by atoms with E-state index in [9.17, 15) is 18.8 Å². The van der Waals surface area contributed by atoms with Gasteiger partial charge < -0.3 is 24.6 Å². The van der Waals surface area contributed by atoms with E-state index in [1.807, 2.05) is 0 Å². The first-order valence-electron chi connectivity index (χ1n) is 12.1. The van der Waals surface area contributed by atoms with Crippen LogP contribution >= 0.6 is 0 Å². The number of imide groups is 1. The van der Waals surface area contributed by atoms with E-state index in [0.717, 1.165) is 0 Å². The van der Waals surface area contributed by atoms with E-state index < -0.39 is 17.9 Å². The number of hydrogen-bond donors (Lipinski definition) is 3. The van der Waals surface area contributed by atoms with Crippen LogP contribution in [-0.4, -0.2) is 76.0 Å². The maximum absolute atomic E-state index is 13.8. The Kier molecular flexibility index (Phi) is 8.18. The van der Waals surface area contributed by atoms with Crippen molar-refractivity contribution in [2.75, 3.05) is 26.3 Å². The van der Waals surface area contributed by atoms with E-state index in [1.165, 1.54) is 17.9 Å². The van der Waals surface area contributed by atoms with Crippen molar-refractivity contribution in [3.63, 3.8) is 0 Å². The highest BCUT2D eigenvalue weighted by Crippen LogP contribution is 2.34. The smallest absolute Gasteiger partial charge is 0.255 e. The van der Waals surface area contributed by atoms with Crippen LogP contribution in [0.2, 0.25) is 0 Å². The lowest BCUT2D eigenvalue weighted by Crippen LogP contribution is -2.52. The highest BCUT2D eigenvalue weighted by Gasteiger charge is 2.40. The molecule has 1 atom stereocenters. The van der Waals surface area contributed by atoms with Gasteiger partial charge in [0.25, 0.3) is 5.91 Å². The van der Waals surface area contributed by atoms with E-state index in [2.05, 4.69) is 5.32 Å². The molecular weight excluding hydrogens is 485 g/mol. The number of carbonyl (C=O) groups excluding carboxylic acids is 3. The Morgan fingerprint density at radius 1 is 1.11 bits per heavy atom. The first-order valence-corrected chi connectivity index (χ1v) is 12.1. The van der Waals surface area contributed by atoms with Gasteiger partial charge in [0.2, 0.25) is 17.7 Å². The molecule has 3 N–H and O–H groups in total. The third-order valence-corrected chi connectivity index (χ3v) is 6.49. The Morgan fingerprint density at radius 2 is 1.84 bits per heavy atom. The summed E-state index contributed by atoms with van der Waals surface area (Å²) in [4.78, 5) is 39.2. The Balaban J connectivity index is 0.000000270. The van der Waals surface area contributed by atoms with Crippen LogP contribution in [-0.2, 0) is 27.5 Å². The molecule has 2 aromatic rings. The van der Waals surface area contributed by atoms with Gasteiger partial charge in [0.15, 0.2) is 0 Å². The second kappa shape index (κ2) is 11.3. The SMILES string of the molecule is CC(O)(O)N1CCOCC1.O=C1CCC(N2Cc3c(OCc4ccccc4F)cccc3C2=O)C(=O)N1. The molecule has 3 heterocycles. The molecule has 2 saturated heterocycles. The second-order valence-corrected chi connectivity index (χ2v) is 9.13. The molecule has 0 saturated carbocycles. The van der Waals surface area contributed by atoms with E-state index in [-0.39, 0.29) is 37.2 Å². The van der Waals surface area contributed by atoms with Crippen molar-refractivity contribution in [1.29, 1.82) is 0 Å². The molecule has 3 aliphatic rings. The van der Waals surface area contributed by atoms with Crippen LogP contribution in [0.5, 0.6) is 5.75 Å². The van der Waals surface area contributed by atoms with Crippen molar-refractivity contribution < 1.29 is 38.5 Å². The third-order valence-electron chi connectivity index (χ3n) is 6.49. The lowest BCUT2D eigenvalue weighted by molar-refractivity contribution is -0.263. The molecule has 0 aromatic heterocycles.